The second-order valence-electron chi connectivity index (χ2n) is 5.59. The molecule has 110 valence electrons. The van der Waals surface area contributed by atoms with E-state index in [0.717, 1.165) is 32.8 Å². The van der Waals surface area contributed by atoms with Crippen molar-refractivity contribution in [2.45, 2.75) is 31.8 Å². The van der Waals surface area contributed by atoms with E-state index < -0.39 is 0 Å². The summed E-state index contributed by atoms with van der Waals surface area (Å²) >= 11 is 0. The van der Waals surface area contributed by atoms with Gasteiger partial charge < -0.3 is 9.64 Å². The summed E-state index contributed by atoms with van der Waals surface area (Å²) in [6.07, 6.45) is 3.96. The van der Waals surface area contributed by atoms with E-state index >= 15 is 0 Å². The molecular formula is C14H22N4O2. The summed E-state index contributed by atoms with van der Waals surface area (Å²) in [6, 6.07) is 2.58. The van der Waals surface area contributed by atoms with Gasteiger partial charge in [-0.15, -0.1) is 0 Å². The van der Waals surface area contributed by atoms with E-state index in [1.165, 1.54) is 12.8 Å². The van der Waals surface area contributed by atoms with Crippen LogP contribution in [0.3, 0.4) is 0 Å². The van der Waals surface area contributed by atoms with Gasteiger partial charge in [0.05, 0.1) is 19.3 Å². The Morgan fingerprint density at radius 3 is 3.15 bits per heavy atom. The Labute approximate surface area is 119 Å². The zero-order valence-corrected chi connectivity index (χ0v) is 11.9. The van der Waals surface area contributed by atoms with Crippen LogP contribution in [0, 0.1) is 0 Å². The molecule has 2 saturated heterocycles. The minimum Gasteiger partial charge on any atom is -0.378 e. The molecule has 3 heterocycles. The summed E-state index contributed by atoms with van der Waals surface area (Å²) in [5.74, 6) is 0.0414. The number of H-pyrrole nitrogens is 1. The summed E-state index contributed by atoms with van der Waals surface area (Å²) < 4.78 is 5.72. The number of piperazine rings is 1. The van der Waals surface area contributed by atoms with Crippen LogP contribution in [0.1, 0.15) is 30.3 Å². The SMILES string of the molecule is CCC[C@H]1COC[C@H]2CN(C(=O)c3ccn[nH]3)CCN12. The molecule has 20 heavy (non-hydrogen) atoms. The van der Waals surface area contributed by atoms with E-state index in [4.69, 9.17) is 4.74 Å². The van der Waals surface area contributed by atoms with Gasteiger partial charge >= 0.3 is 0 Å². The Hall–Kier alpha value is -1.40. The minimum absolute atomic E-state index is 0.0414. The number of aromatic amines is 1. The summed E-state index contributed by atoms with van der Waals surface area (Å²) in [7, 11) is 0. The molecule has 0 saturated carbocycles. The van der Waals surface area contributed by atoms with E-state index in [2.05, 4.69) is 22.0 Å². The second kappa shape index (κ2) is 5.93. The number of ether oxygens (including phenoxy) is 1. The topological polar surface area (TPSA) is 61.5 Å². The Balaban J connectivity index is 1.65. The van der Waals surface area contributed by atoms with E-state index in [1.54, 1.807) is 12.3 Å². The summed E-state index contributed by atoms with van der Waals surface area (Å²) in [6.45, 7) is 6.25. The summed E-state index contributed by atoms with van der Waals surface area (Å²) in [5.41, 5.74) is 0.570. The van der Waals surface area contributed by atoms with Crippen LogP contribution in [-0.4, -0.2) is 70.8 Å². The number of carbonyl (C=O) groups excluding carboxylic acids is 1. The Morgan fingerprint density at radius 2 is 2.40 bits per heavy atom. The lowest BCUT2D eigenvalue weighted by molar-refractivity contribution is -0.0776. The van der Waals surface area contributed by atoms with Crippen molar-refractivity contribution >= 4 is 5.91 Å². The standard InChI is InChI=1S/C14H22N4O2/c1-2-3-11-9-20-10-12-8-17(6-7-18(11)12)14(19)13-4-5-15-16-13/h4-5,11-12H,2-3,6-10H2,1H3,(H,15,16)/t11-,12+/m0/s1. The van der Waals surface area contributed by atoms with Crippen LogP contribution in [0.15, 0.2) is 12.3 Å². The van der Waals surface area contributed by atoms with Crippen LogP contribution in [0.2, 0.25) is 0 Å². The predicted octanol–water partition coefficient (Wildman–Crippen LogP) is 0.735. The molecule has 2 aliphatic rings. The number of morpholine rings is 1. The molecule has 1 N–H and O–H groups in total. The fourth-order valence-corrected chi connectivity index (χ4v) is 3.25. The fraction of sp³-hybridized carbons (Fsp3) is 0.714. The van der Waals surface area contributed by atoms with Crippen LogP contribution < -0.4 is 0 Å². The molecule has 1 amide bonds. The first-order valence-corrected chi connectivity index (χ1v) is 7.41. The lowest BCUT2D eigenvalue weighted by Gasteiger charge is -2.47. The highest BCUT2D eigenvalue weighted by Gasteiger charge is 2.36. The van der Waals surface area contributed by atoms with Crippen molar-refractivity contribution in [3.05, 3.63) is 18.0 Å². The highest BCUT2D eigenvalue weighted by molar-refractivity contribution is 5.92. The molecule has 0 bridgehead atoms. The van der Waals surface area contributed by atoms with Crippen molar-refractivity contribution < 1.29 is 9.53 Å². The van der Waals surface area contributed by atoms with E-state index in [-0.39, 0.29) is 5.91 Å². The minimum atomic E-state index is 0.0414. The molecule has 0 spiro atoms. The van der Waals surface area contributed by atoms with Crippen LogP contribution in [0.5, 0.6) is 0 Å². The van der Waals surface area contributed by atoms with Gasteiger partial charge in [-0.25, -0.2) is 0 Å². The largest absolute Gasteiger partial charge is 0.378 e. The number of fused-ring (bicyclic) bond motifs is 1. The summed E-state index contributed by atoms with van der Waals surface area (Å²) in [4.78, 5) is 16.8. The fourth-order valence-electron chi connectivity index (χ4n) is 3.25. The van der Waals surface area contributed by atoms with Crippen LogP contribution in [0.25, 0.3) is 0 Å². The monoisotopic (exact) mass is 278 g/mol. The number of aromatic nitrogens is 2. The molecule has 2 atom stereocenters. The lowest BCUT2D eigenvalue weighted by atomic mass is 10.0. The number of hydrogen-bond donors (Lipinski definition) is 1. The second-order valence-corrected chi connectivity index (χ2v) is 5.59. The molecule has 0 radical (unpaired) electrons. The van der Waals surface area contributed by atoms with Gasteiger partial charge in [0.1, 0.15) is 5.69 Å². The number of nitrogens with zero attached hydrogens (tertiary/aromatic N) is 3. The van der Waals surface area contributed by atoms with Crippen molar-refractivity contribution in [1.82, 2.24) is 20.0 Å². The zero-order valence-electron chi connectivity index (χ0n) is 11.9. The predicted molar refractivity (Wildman–Crippen MR) is 74.5 cm³/mol. The quantitative estimate of drug-likeness (QED) is 0.885. The van der Waals surface area contributed by atoms with Crippen molar-refractivity contribution in [2.24, 2.45) is 0 Å². The average Bonchev–Trinajstić information content (AvgIpc) is 3.01. The van der Waals surface area contributed by atoms with Gasteiger partial charge in [0, 0.05) is 31.9 Å². The maximum Gasteiger partial charge on any atom is 0.271 e. The molecule has 0 unspecified atom stereocenters. The molecular weight excluding hydrogens is 256 g/mol. The zero-order chi connectivity index (χ0) is 13.9. The van der Waals surface area contributed by atoms with Crippen molar-refractivity contribution in [1.29, 1.82) is 0 Å². The maximum absolute atomic E-state index is 12.3. The first-order valence-electron chi connectivity index (χ1n) is 7.41. The van der Waals surface area contributed by atoms with Crippen LogP contribution in [0.4, 0.5) is 0 Å². The van der Waals surface area contributed by atoms with Gasteiger partial charge in [0.2, 0.25) is 0 Å². The number of rotatable bonds is 3. The molecule has 0 aliphatic carbocycles. The number of amides is 1. The average molecular weight is 278 g/mol. The lowest BCUT2D eigenvalue weighted by Crippen LogP contribution is -2.62. The molecule has 2 aliphatic heterocycles. The van der Waals surface area contributed by atoms with Crippen LogP contribution >= 0.6 is 0 Å². The molecule has 6 nitrogen and oxygen atoms in total. The third-order valence-electron chi connectivity index (χ3n) is 4.26. The van der Waals surface area contributed by atoms with Gasteiger partial charge in [-0.05, 0) is 12.5 Å². The highest BCUT2D eigenvalue weighted by atomic mass is 16.5. The van der Waals surface area contributed by atoms with E-state index in [9.17, 15) is 4.79 Å². The van der Waals surface area contributed by atoms with Gasteiger partial charge in [-0.2, -0.15) is 5.10 Å². The van der Waals surface area contributed by atoms with E-state index in [1.807, 2.05) is 4.90 Å². The smallest absolute Gasteiger partial charge is 0.271 e. The number of hydrogen-bond acceptors (Lipinski definition) is 4. The van der Waals surface area contributed by atoms with Gasteiger partial charge in [0.25, 0.3) is 5.91 Å². The molecule has 3 rings (SSSR count). The summed E-state index contributed by atoms with van der Waals surface area (Å²) in [5, 5.41) is 6.60. The highest BCUT2D eigenvalue weighted by Crippen LogP contribution is 2.22. The van der Waals surface area contributed by atoms with Gasteiger partial charge in [-0.3, -0.25) is 14.8 Å². The van der Waals surface area contributed by atoms with Crippen molar-refractivity contribution in [2.75, 3.05) is 32.8 Å². The molecule has 6 heteroatoms. The Bertz CT molecular complexity index is 446. The third-order valence-corrected chi connectivity index (χ3v) is 4.26. The Kier molecular flexibility index (Phi) is 4.03. The normalized spacial score (nSPS) is 27.4. The first-order chi connectivity index (χ1) is 9.79. The van der Waals surface area contributed by atoms with Gasteiger partial charge in [-0.1, -0.05) is 13.3 Å². The first kappa shape index (κ1) is 13.6. The van der Waals surface area contributed by atoms with E-state index in [0.29, 0.717) is 17.8 Å². The number of carbonyl (C=O) groups is 1. The Morgan fingerprint density at radius 1 is 1.50 bits per heavy atom. The maximum atomic E-state index is 12.3. The molecule has 0 aromatic carbocycles. The van der Waals surface area contributed by atoms with Crippen molar-refractivity contribution in [3.63, 3.8) is 0 Å². The molecule has 1 aromatic rings. The van der Waals surface area contributed by atoms with Gasteiger partial charge in [0.15, 0.2) is 0 Å². The van der Waals surface area contributed by atoms with Crippen LogP contribution in [-0.2, 0) is 4.74 Å². The van der Waals surface area contributed by atoms with Crippen molar-refractivity contribution in [3.8, 4) is 0 Å². The molecule has 1 aromatic heterocycles. The molecule has 2 fully saturated rings. The number of nitrogens with one attached hydrogen (secondary N) is 1. The third kappa shape index (κ3) is 2.58.